The third-order valence-corrected chi connectivity index (χ3v) is 4.06. The molecule has 0 fully saturated rings. The van der Waals surface area contributed by atoms with E-state index in [4.69, 9.17) is 4.74 Å². The molecule has 0 saturated heterocycles. The third kappa shape index (κ3) is 7.65. The molecule has 0 spiro atoms. The first-order valence-corrected chi connectivity index (χ1v) is 9.28. The Labute approximate surface area is 165 Å². The number of aromatic nitrogens is 3. The highest BCUT2D eigenvalue weighted by Gasteiger charge is 2.05. The van der Waals surface area contributed by atoms with Gasteiger partial charge in [0.25, 0.3) is 0 Å². The number of nitrogens with one attached hydrogen (secondary N) is 2. The van der Waals surface area contributed by atoms with Gasteiger partial charge in [0, 0.05) is 39.9 Å². The first kappa shape index (κ1) is 21.2. The van der Waals surface area contributed by atoms with Crippen molar-refractivity contribution >= 4 is 11.9 Å². The van der Waals surface area contributed by atoms with Gasteiger partial charge in [-0.15, -0.1) is 5.10 Å². The number of amides is 1. The summed E-state index contributed by atoms with van der Waals surface area (Å²) in [6.07, 6.45) is 5.20. The number of methoxy groups -OCH3 is 1. The van der Waals surface area contributed by atoms with Crippen molar-refractivity contribution in [2.45, 2.75) is 19.4 Å². The molecule has 9 nitrogen and oxygen atoms in total. The van der Waals surface area contributed by atoms with Gasteiger partial charge < -0.3 is 20.3 Å². The van der Waals surface area contributed by atoms with E-state index in [1.54, 1.807) is 32.1 Å². The topological polar surface area (TPSA) is 96.7 Å². The minimum absolute atomic E-state index is 0.0427. The number of guanidine groups is 1. The van der Waals surface area contributed by atoms with Crippen molar-refractivity contribution in [3.63, 3.8) is 0 Å². The van der Waals surface area contributed by atoms with E-state index in [0.29, 0.717) is 19.0 Å². The Balaban J connectivity index is 1.81. The molecule has 28 heavy (non-hydrogen) atoms. The number of carbonyl (C=O) groups excluding carboxylic acids is 1. The number of likely N-dealkylation sites (N-methyl/N-ethyl adjacent to an activating group) is 1. The summed E-state index contributed by atoms with van der Waals surface area (Å²) in [5, 5.41) is 14.3. The van der Waals surface area contributed by atoms with Crippen LogP contribution in [0.4, 0.5) is 0 Å². The van der Waals surface area contributed by atoms with Gasteiger partial charge in [-0.05, 0) is 30.5 Å². The van der Waals surface area contributed by atoms with E-state index in [1.165, 1.54) is 10.5 Å². The van der Waals surface area contributed by atoms with Crippen LogP contribution >= 0.6 is 0 Å². The first-order chi connectivity index (χ1) is 13.6. The molecule has 2 aromatic rings. The van der Waals surface area contributed by atoms with E-state index in [9.17, 15) is 4.79 Å². The molecular formula is C19H29N7O2. The summed E-state index contributed by atoms with van der Waals surface area (Å²) < 4.78 is 6.96. The first-order valence-electron chi connectivity index (χ1n) is 9.28. The summed E-state index contributed by atoms with van der Waals surface area (Å²) in [4.78, 5) is 17.7. The summed E-state index contributed by atoms with van der Waals surface area (Å²) in [6.45, 7) is 2.29. The number of aryl methyl sites for hydroxylation is 1. The molecule has 0 aliphatic rings. The predicted molar refractivity (Wildman–Crippen MR) is 108 cm³/mol. The van der Waals surface area contributed by atoms with Crippen LogP contribution in [0.2, 0.25) is 0 Å². The van der Waals surface area contributed by atoms with Crippen molar-refractivity contribution in [3.05, 3.63) is 42.2 Å². The maximum Gasteiger partial charge on any atom is 0.243 e. The van der Waals surface area contributed by atoms with Crippen LogP contribution in [-0.2, 0) is 17.8 Å². The molecule has 1 amide bonds. The van der Waals surface area contributed by atoms with Gasteiger partial charge in [-0.1, -0.05) is 17.3 Å². The molecular weight excluding hydrogens is 358 g/mol. The molecule has 2 rings (SSSR count). The van der Waals surface area contributed by atoms with Crippen LogP contribution in [-0.4, -0.2) is 72.6 Å². The minimum atomic E-state index is -0.0427. The second-order valence-electron chi connectivity index (χ2n) is 6.42. The van der Waals surface area contributed by atoms with Gasteiger partial charge in [-0.25, -0.2) is 4.99 Å². The number of hydrogen-bond acceptors (Lipinski definition) is 5. The van der Waals surface area contributed by atoms with Crippen molar-refractivity contribution in [3.8, 4) is 5.75 Å². The summed E-state index contributed by atoms with van der Waals surface area (Å²) in [5.41, 5.74) is 1.20. The Kier molecular flexibility index (Phi) is 8.77. The van der Waals surface area contributed by atoms with Crippen molar-refractivity contribution in [1.82, 2.24) is 30.5 Å². The SMILES string of the molecule is COc1ccc(CCNC(=NCC(=O)N(C)C)NCCCn2ccnn2)cc1. The lowest BCUT2D eigenvalue weighted by atomic mass is 10.1. The Morgan fingerprint density at radius 3 is 2.61 bits per heavy atom. The zero-order valence-electron chi connectivity index (χ0n) is 16.8. The summed E-state index contributed by atoms with van der Waals surface area (Å²) >= 11 is 0. The Morgan fingerprint density at radius 1 is 1.21 bits per heavy atom. The highest BCUT2D eigenvalue weighted by atomic mass is 16.5. The average Bonchev–Trinajstić information content (AvgIpc) is 3.22. The van der Waals surface area contributed by atoms with E-state index in [0.717, 1.165) is 25.1 Å². The average molecular weight is 387 g/mol. The lowest BCUT2D eigenvalue weighted by Crippen LogP contribution is -2.40. The van der Waals surface area contributed by atoms with Crippen LogP contribution < -0.4 is 15.4 Å². The minimum Gasteiger partial charge on any atom is -0.497 e. The van der Waals surface area contributed by atoms with Gasteiger partial charge in [0.05, 0.1) is 13.3 Å². The van der Waals surface area contributed by atoms with Gasteiger partial charge >= 0.3 is 0 Å². The van der Waals surface area contributed by atoms with E-state index in [2.05, 4.69) is 25.9 Å². The van der Waals surface area contributed by atoms with E-state index in [-0.39, 0.29) is 12.5 Å². The molecule has 1 aromatic heterocycles. The quantitative estimate of drug-likeness (QED) is 0.351. The summed E-state index contributed by atoms with van der Waals surface area (Å²) in [6, 6.07) is 7.97. The van der Waals surface area contributed by atoms with Crippen LogP contribution in [0.1, 0.15) is 12.0 Å². The molecule has 9 heteroatoms. The Morgan fingerprint density at radius 2 is 1.96 bits per heavy atom. The molecule has 0 radical (unpaired) electrons. The molecule has 0 aliphatic heterocycles. The molecule has 2 N–H and O–H groups in total. The van der Waals surface area contributed by atoms with Crippen LogP contribution in [0, 0.1) is 0 Å². The number of nitrogens with zero attached hydrogens (tertiary/aromatic N) is 5. The molecule has 1 heterocycles. The normalized spacial score (nSPS) is 11.2. The molecule has 0 bridgehead atoms. The fraction of sp³-hybridized carbons (Fsp3) is 0.474. The molecule has 0 atom stereocenters. The van der Waals surface area contributed by atoms with E-state index < -0.39 is 0 Å². The van der Waals surface area contributed by atoms with Crippen molar-refractivity contribution in [2.75, 3.05) is 40.8 Å². The molecule has 0 saturated carbocycles. The zero-order chi connectivity index (χ0) is 20.2. The highest BCUT2D eigenvalue weighted by Crippen LogP contribution is 2.11. The molecule has 152 valence electrons. The van der Waals surface area contributed by atoms with Crippen molar-refractivity contribution in [1.29, 1.82) is 0 Å². The largest absolute Gasteiger partial charge is 0.497 e. The number of hydrogen-bond donors (Lipinski definition) is 2. The Hall–Kier alpha value is -3.10. The summed E-state index contributed by atoms with van der Waals surface area (Å²) in [7, 11) is 5.10. The standard InChI is InChI=1S/C19H29N7O2/c1-25(2)18(27)15-22-19(20-10-4-13-26-14-12-23-24-26)21-11-9-16-5-7-17(28-3)8-6-16/h5-8,12,14H,4,9-11,13,15H2,1-3H3,(H2,20,21,22). The Bertz CT molecular complexity index is 727. The van der Waals surface area contributed by atoms with E-state index >= 15 is 0 Å². The molecule has 1 aromatic carbocycles. The maximum absolute atomic E-state index is 11.8. The van der Waals surface area contributed by atoms with Gasteiger partial charge in [-0.2, -0.15) is 0 Å². The van der Waals surface area contributed by atoms with Gasteiger partial charge in [0.2, 0.25) is 5.91 Å². The second-order valence-corrected chi connectivity index (χ2v) is 6.42. The van der Waals surface area contributed by atoms with Crippen molar-refractivity contribution in [2.24, 2.45) is 4.99 Å². The summed E-state index contributed by atoms with van der Waals surface area (Å²) in [5.74, 6) is 1.43. The fourth-order valence-corrected chi connectivity index (χ4v) is 2.38. The fourth-order valence-electron chi connectivity index (χ4n) is 2.38. The van der Waals surface area contributed by atoms with Gasteiger partial charge in [-0.3, -0.25) is 9.48 Å². The molecule has 0 unspecified atom stereocenters. The monoisotopic (exact) mass is 387 g/mol. The lowest BCUT2D eigenvalue weighted by Gasteiger charge is -2.14. The zero-order valence-corrected chi connectivity index (χ0v) is 16.8. The lowest BCUT2D eigenvalue weighted by molar-refractivity contribution is -0.127. The number of ether oxygens (including phenoxy) is 1. The number of benzene rings is 1. The maximum atomic E-state index is 11.8. The third-order valence-electron chi connectivity index (χ3n) is 4.06. The van der Waals surface area contributed by atoms with Gasteiger partial charge in [0.1, 0.15) is 12.3 Å². The smallest absolute Gasteiger partial charge is 0.243 e. The predicted octanol–water partition coefficient (Wildman–Crippen LogP) is 0.543. The number of rotatable bonds is 10. The van der Waals surface area contributed by atoms with Crippen LogP contribution in [0.15, 0.2) is 41.7 Å². The second kappa shape index (κ2) is 11.6. The van der Waals surface area contributed by atoms with Crippen LogP contribution in [0.25, 0.3) is 0 Å². The number of aliphatic imine (C=N–C) groups is 1. The van der Waals surface area contributed by atoms with Gasteiger partial charge in [0.15, 0.2) is 5.96 Å². The van der Waals surface area contributed by atoms with Crippen LogP contribution in [0.5, 0.6) is 5.75 Å². The van der Waals surface area contributed by atoms with E-state index in [1.807, 2.05) is 30.5 Å². The van der Waals surface area contributed by atoms with Crippen molar-refractivity contribution < 1.29 is 9.53 Å². The van der Waals surface area contributed by atoms with Crippen LogP contribution in [0.3, 0.4) is 0 Å². The highest BCUT2D eigenvalue weighted by molar-refractivity contribution is 5.84. The number of carbonyl (C=O) groups is 1. The molecule has 0 aliphatic carbocycles.